The lowest BCUT2D eigenvalue weighted by molar-refractivity contribution is -0.385. The van der Waals surface area contributed by atoms with Crippen LogP contribution < -0.4 is 4.74 Å². The van der Waals surface area contributed by atoms with E-state index >= 15 is 0 Å². The van der Waals surface area contributed by atoms with E-state index < -0.39 is 10.9 Å². The van der Waals surface area contributed by atoms with Crippen LogP contribution in [0.3, 0.4) is 0 Å². The third-order valence-corrected chi connectivity index (χ3v) is 3.51. The summed E-state index contributed by atoms with van der Waals surface area (Å²) in [6.07, 6.45) is 0.384. The molecule has 6 nitrogen and oxygen atoms in total. The molecule has 0 aliphatic rings. The van der Waals surface area contributed by atoms with Crippen LogP contribution in [0.4, 0.5) is 5.69 Å². The molecule has 0 amide bonds. The van der Waals surface area contributed by atoms with Gasteiger partial charge in [-0.3, -0.25) is 10.1 Å². The van der Waals surface area contributed by atoms with E-state index in [9.17, 15) is 14.9 Å². The van der Waals surface area contributed by atoms with Gasteiger partial charge in [-0.05, 0) is 0 Å². The van der Waals surface area contributed by atoms with Crippen molar-refractivity contribution in [2.75, 3.05) is 6.61 Å². The Hall–Kier alpha value is -2.41. The fourth-order valence-electron chi connectivity index (χ4n) is 1.69. The molecule has 0 spiro atoms. The number of carboxylic acids is 1. The summed E-state index contributed by atoms with van der Waals surface area (Å²) in [5.74, 6) is -0.533. The van der Waals surface area contributed by atoms with E-state index in [0.29, 0.717) is 17.7 Å². The highest BCUT2D eigenvalue weighted by Gasteiger charge is 2.12. The van der Waals surface area contributed by atoms with E-state index in [1.165, 1.54) is 12.1 Å². The summed E-state index contributed by atoms with van der Waals surface area (Å²) in [6, 6.07) is 7.91. The predicted molar refractivity (Wildman–Crippen MR) is 73.6 cm³/mol. The standard InChI is InChI=1S/C13H11NO5S/c15-13(16)12-7-10(8-20-12)19-6-5-9-3-1-2-4-11(9)14(17)18/h1-4,7-8H,5-6H2,(H,15,16). The third kappa shape index (κ3) is 3.33. The minimum atomic E-state index is -0.997. The zero-order valence-electron chi connectivity index (χ0n) is 10.3. The van der Waals surface area contributed by atoms with Gasteiger partial charge in [0.25, 0.3) is 5.69 Å². The largest absolute Gasteiger partial charge is 0.492 e. The zero-order chi connectivity index (χ0) is 14.5. The third-order valence-electron chi connectivity index (χ3n) is 2.61. The van der Waals surface area contributed by atoms with Crippen molar-refractivity contribution in [1.82, 2.24) is 0 Å². The summed E-state index contributed by atoms with van der Waals surface area (Å²) in [7, 11) is 0. The number of hydrogen-bond donors (Lipinski definition) is 1. The molecule has 0 fully saturated rings. The van der Waals surface area contributed by atoms with Crippen LogP contribution >= 0.6 is 11.3 Å². The van der Waals surface area contributed by atoms with Gasteiger partial charge in [0.15, 0.2) is 0 Å². The van der Waals surface area contributed by atoms with Gasteiger partial charge in [0.1, 0.15) is 10.6 Å². The van der Waals surface area contributed by atoms with Crippen molar-refractivity contribution in [3.63, 3.8) is 0 Å². The van der Waals surface area contributed by atoms with Crippen LogP contribution in [-0.2, 0) is 6.42 Å². The Morgan fingerprint density at radius 1 is 1.40 bits per heavy atom. The number of carbonyl (C=O) groups is 1. The second-order valence-corrected chi connectivity index (χ2v) is 4.85. The Kier molecular flexibility index (Phi) is 4.31. The Balaban J connectivity index is 1.96. The van der Waals surface area contributed by atoms with E-state index in [4.69, 9.17) is 9.84 Å². The first-order chi connectivity index (χ1) is 9.58. The molecule has 104 valence electrons. The van der Waals surface area contributed by atoms with E-state index in [1.54, 1.807) is 23.6 Å². The normalized spacial score (nSPS) is 10.2. The molecule has 0 radical (unpaired) electrons. The highest BCUT2D eigenvalue weighted by molar-refractivity contribution is 7.12. The number of nitro benzene ring substituents is 1. The van der Waals surface area contributed by atoms with Gasteiger partial charge in [0.05, 0.1) is 11.5 Å². The average Bonchev–Trinajstić information content (AvgIpc) is 2.88. The summed E-state index contributed by atoms with van der Waals surface area (Å²) in [5.41, 5.74) is 0.652. The Bertz CT molecular complexity index is 637. The van der Waals surface area contributed by atoms with Gasteiger partial charge in [-0.25, -0.2) is 4.79 Å². The summed E-state index contributed by atoms with van der Waals surface area (Å²) in [4.78, 5) is 21.3. The van der Waals surface area contributed by atoms with Crippen LogP contribution in [0.2, 0.25) is 0 Å². The van der Waals surface area contributed by atoms with Crippen molar-refractivity contribution in [1.29, 1.82) is 0 Å². The minimum Gasteiger partial charge on any atom is -0.492 e. The Morgan fingerprint density at radius 3 is 2.80 bits per heavy atom. The van der Waals surface area contributed by atoms with Gasteiger partial charge >= 0.3 is 5.97 Å². The van der Waals surface area contributed by atoms with Gasteiger partial charge in [0, 0.05) is 29.5 Å². The number of aromatic carboxylic acids is 1. The minimum absolute atomic E-state index is 0.0626. The number of nitrogens with zero attached hydrogens (tertiary/aromatic N) is 1. The number of rotatable bonds is 6. The van der Waals surface area contributed by atoms with E-state index in [1.807, 2.05) is 0 Å². The Labute approximate surface area is 118 Å². The van der Waals surface area contributed by atoms with E-state index in [0.717, 1.165) is 11.3 Å². The van der Waals surface area contributed by atoms with E-state index in [-0.39, 0.29) is 17.2 Å². The first-order valence-electron chi connectivity index (χ1n) is 5.75. The molecule has 1 aromatic heterocycles. The lowest BCUT2D eigenvalue weighted by Gasteiger charge is -2.04. The number of thiophene rings is 1. The lowest BCUT2D eigenvalue weighted by atomic mass is 10.1. The zero-order valence-corrected chi connectivity index (χ0v) is 11.1. The van der Waals surface area contributed by atoms with Crippen molar-refractivity contribution >= 4 is 23.0 Å². The molecule has 1 heterocycles. The molecule has 0 saturated carbocycles. The second-order valence-electron chi connectivity index (χ2n) is 3.94. The number of carboxylic acid groups (broad SMARTS) is 1. The fourth-order valence-corrected chi connectivity index (χ4v) is 2.35. The molecule has 0 bridgehead atoms. The maximum Gasteiger partial charge on any atom is 0.346 e. The molecule has 0 saturated heterocycles. The summed E-state index contributed by atoms with van der Waals surface area (Å²) in [6.45, 7) is 0.251. The number of benzene rings is 1. The molecule has 2 rings (SSSR count). The Morgan fingerprint density at radius 2 is 2.15 bits per heavy atom. The monoisotopic (exact) mass is 293 g/mol. The van der Waals surface area contributed by atoms with Crippen molar-refractivity contribution in [3.05, 3.63) is 56.3 Å². The summed E-state index contributed by atoms with van der Waals surface area (Å²) < 4.78 is 5.40. The number of nitro groups is 1. The van der Waals surface area contributed by atoms with Gasteiger partial charge < -0.3 is 9.84 Å². The molecule has 7 heteroatoms. The smallest absolute Gasteiger partial charge is 0.346 e. The van der Waals surface area contributed by atoms with Gasteiger partial charge in [0.2, 0.25) is 0 Å². The molecular formula is C13H11NO5S. The van der Waals surface area contributed by atoms with Crippen LogP contribution in [0.1, 0.15) is 15.2 Å². The highest BCUT2D eigenvalue weighted by atomic mass is 32.1. The molecular weight excluding hydrogens is 282 g/mol. The average molecular weight is 293 g/mol. The first-order valence-corrected chi connectivity index (χ1v) is 6.63. The molecule has 2 aromatic rings. The van der Waals surface area contributed by atoms with Crippen LogP contribution in [0, 0.1) is 10.1 Å². The molecule has 0 unspecified atom stereocenters. The molecule has 0 aliphatic carbocycles. The maximum atomic E-state index is 10.8. The number of para-hydroxylation sites is 1. The predicted octanol–water partition coefficient (Wildman–Crippen LogP) is 2.98. The van der Waals surface area contributed by atoms with Crippen LogP contribution in [-0.4, -0.2) is 22.6 Å². The van der Waals surface area contributed by atoms with Crippen molar-refractivity contribution in [3.8, 4) is 5.75 Å². The van der Waals surface area contributed by atoms with E-state index in [2.05, 4.69) is 0 Å². The molecule has 1 N–H and O–H groups in total. The second kappa shape index (κ2) is 6.16. The van der Waals surface area contributed by atoms with Gasteiger partial charge in [-0.2, -0.15) is 0 Å². The fraction of sp³-hybridized carbons (Fsp3) is 0.154. The highest BCUT2D eigenvalue weighted by Crippen LogP contribution is 2.22. The molecule has 0 atom stereocenters. The van der Waals surface area contributed by atoms with Gasteiger partial charge in [-0.15, -0.1) is 11.3 Å². The SMILES string of the molecule is O=C(O)c1cc(OCCc2ccccc2[N+](=O)[O-])cs1. The van der Waals surface area contributed by atoms with Crippen molar-refractivity contribution in [2.45, 2.75) is 6.42 Å². The maximum absolute atomic E-state index is 10.8. The molecule has 0 aliphatic heterocycles. The lowest BCUT2D eigenvalue weighted by Crippen LogP contribution is -2.03. The quantitative estimate of drug-likeness (QED) is 0.653. The van der Waals surface area contributed by atoms with Crippen LogP contribution in [0.5, 0.6) is 5.75 Å². The summed E-state index contributed by atoms with van der Waals surface area (Å²) >= 11 is 1.08. The van der Waals surface area contributed by atoms with Crippen LogP contribution in [0.15, 0.2) is 35.7 Å². The van der Waals surface area contributed by atoms with Crippen molar-refractivity contribution < 1.29 is 19.6 Å². The molecule has 1 aromatic carbocycles. The van der Waals surface area contributed by atoms with Crippen molar-refractivity contribution in [2.24, 2.45) is 0 Å². The summed E-state index contributed by atoms with van der Waals surface area (Å²) in [5, 5.41) is 21.2. The van der Waals surface area contributed by atoms with Gasteiger partial charge in [-0.1, -0.05) is 18.2 Å². The van der Waals surface area contributed by atoms with Crippen LogP contribution in [0.25, 0.3) is 0 Å². The first kappa shape index (κ1) is 14.0. The molecule has 20 heavy (non-hydrogen) atoms. The number of hydrogen-bond acceptors (Lipinski definition) is 5. The number of ether oxygens (including phenoxy) is 1. The topological polar surface area (TPSA) is 89.7 Å².